The predicted molar refractivity (Wildman–Crippen MR) is 123 cm³/mol. The minimum atomic E-state index is -1.50. The summed E-state index contributed by atoms with van der Waals surface area (Å²) in [5.41, 5.74) is -0.422. The Morgan fingerprint density at radius 1 is 0.576 bits per heavy atom. The number of carboxylic acid groups (broad SMARTS) is 4. The van der Waals surface area contributed by atoms with Gasteiger partial charge in [-0.2, -0.15) is 0 Å². The first-order chi connectivity index (χ1) is 15.6. The quantitative estimate of drug-likeness (QED) is 0.139. The van der Waals surface area contributed by atoms with E-state index in [-0.39, 0.29) is 45.1 Å². The predicted octanol–water partition coefficient (Wildman–Crippen LogP) is -0.202. The molecule has 0 aromatic rings. The van der Waals surface area contributed by atoms with Crippen molar-refractivity contribution in [3.63, 3.8) is 0 Å². The molecule has 0 aliphatic carbocycles. The first-order valence-corrected chi connectivity index (χ1v) is 17.5. The molecule has 0 fully saturated rings. The average Bonchev–Trinajstić information content (AvgIpc) is 2.74. The molecule has 0 N–H and O–H groups in total. The summed E-state index contributed by atoms with van der Waals surface area (Å²) in [5, 5.41) is 40.5. The van der Waals surface area contributed by atoms with E-state index in [0.717, 1.165) is 12.8 Å². The van der Waals surface area contributed by atoms with Gasteiger partial charge in [-0.05, 0) is 49.0 Å². The summed E-state index contributed by atoms with van der Waals surface area (Å²) < 4.78 is 3.33. The summed E-state index contributed by atoms with van der Waals surface area (Å²) in [6.45, 7) is 8.36. The van der Waals surface area contributed by atoms with Crippen LogP contribution >= 0.6 is 0 Å². The van der Waals surface area contributed by atoms with Crippen molar-refractivity contribution in [3.8, 4) is 0 Å². The maximum absolute atomic E-state index is 10.3. The number of carbonyl (C=O) groups is 4. The Morgan fingerprint density at radius 3 is 1.09 bits per heavy atom. The van der Waals surface area contributed by atoms with E-state index in [0.29, 0.717) is 25.0 Å². The number of unbranched alkanes of at least 4 members (excludes halogenated alkanes) is 4. The van der Waals surface area contributed by atoms with E-state index in [1.54, 1.807) is 8.87 Å². The van der Waals surface area contributed by atoms with Crippen LogP contribution in [0.4, 0.5) is 0 Å². The monoisotopic (exact) mass is 576 g/mol. The summed E-state index contributed by atoms with van der Waals surface area (Å²) in [6, 6.07) is 0. The first kappa shape index (κ1) is 35.7. The number of hydrogen-bond donors (Lipinski definition) is 0. The zero-order valence-electron chi connectivity index (χ0n) is 20.6. The van der Waals surface area contributed by atoms with Gasteiger partial charge in [-0.1, -0.05) is 26.7 Å². The van der Waals surface area contributed by atoms with Crippen LogP contribution in [0.1, 0.15) is 91.9 Å². The van der Waals surface area contributed by atoms with E-state index < -0.39 is 23.9 Å². The third kappa shape index (κ3) is 30.2. The molecule has 0 spiro atoms. The van der Waals surface area contributed by atoms with Crippen LogP contribution in [0, 0.1) is 0 Å². The van der Waals surface area contributed by atoms with Crippen molar-refractivity contribution in [3.05, 3.63) is 23.3 Å². The second-order valence-corrected chi connectivity index (χ2v) is 13.6. The number of aliphatic carboxylic acids is 4. The van der Waals surface area contributed by atoms with Gasteiger partial charge in [-0.15, -0.1) is 0 Å². The summed E-state index contributed by atoms with van der Waals surface area (Å²) >= 11 is -0.159. The molecule has 0 bridgehead atoms. The molecule has 0 heterocycles. The van der Waals surface area contributed by atoms with Crippen LogP contribution in [-0.2, 0) is 19.2 Å². The Kier molecular flexibility index (Phi) is 28.6. The molecule has 188 valence electrons. The van der Waals surface area contributed by atoms with Gasteiger partial charge >= 0.3 is 69.5 Å². The van der Waals surface area contributed by atoms with Crippen molar-refractivity contribution in [2.75, 3.05) is 0 Å². The maximum atomic E-state index is 10.3. The molecule has 0 aliphatic heterocycles. The number of carboxylic acids is 4. The molecule has 0 saturated carbocycles. The van der Waals surface area contributed by atoms with Crippen molar-refractivity contribution < 1.29 is 39.6 Å². The van der Waals surface area contributed by atoms with Crippen LogP contribution in [0.3, 0.4) is 0 Å². The van der Waals surface area contributed by atoms with Crippen molar-refractivity contribution >= 4 is 45.0 Å². The SMILES string of the molecule is CCCC/C(=C/C(=O)[O-])C(=O)[O-].CCCC/C(=C/C(=O)[O-])C(=O)[O-].CCC[CH2][SnH2+4][CH2]CCC. The molecular weight excluding hydrogens is 535 g/mol. The van der Waals surface area contributed by atoms with E-state index in [4.69, 9.17) is 0 Å². The van der Waals surface area contributed by atoms with Crippen LogP contribution in [0.25, 0.3) is 0 Å². The summed E-state index contributed by atoms with van der Waals surface area (Å²) in [5.74, 6) is -5.86. The van der Waals surface area contributed by atoms with E-state index >= 15 is 0 Å². The molecule has 0 atom stereocenters. The van der Waals surface area contributed by atoms with Crippen LogP contribution in [0.2, 0.25) is 8.87 Å². The van der Waals surface area contributed by atoms with Gasteiger partial charge in [0.25, 0.3) is 0 Å². The summed E-state index contributed by atoms with van der Waals surface area (Å²) in [4.78, 5) is 40.5. The van der Waals surface area contributed by atoms with E-state index in [1.807, 2.05) is 13.8 Å². The van der Waals surface area contributed by atoms with Gasteiger partial charge in [-0.25, -0.2) is 0 Å². The Hall–Kier alpha value is -1.84. The van der Waals surface area contributed by atoms with Crippen molar-refractivity contribution in [2.24, 2.45) is 0 Å². The molecule has 0 amide bonds. The molecule has 0 rings (SSSR count). The summed E-state index contributed by atoms with van der Waals surface area (Å²) in [7, 11) is 0. The molecule has 9 heteroatoms. The topological polar surface area (TPSA) is 161 Å². The average molecular weight is 575 g/mol. The van der Waals surface area contributed by atoms with Crippen molar-refractivity contribution in [1.29, 1.82) is 0 Å². The molecule has 8 nitrogen and oxygen atoms in total. The van der Waals surface area contributed by atoms with Crippen LogP contribution in [-0.4, -0.2) is 45.0 Å². The molecule has 0 aliphatic rings. The Balaban J connectivity index is -0.000000414. The van der Waals surface area contributed by atoms with Gasteiger partial charge in [-0.3, -0.25) is 0 Å². The Labute approximate surface area is 208 Å². The fraction of sp³-hybridized carbons (Fsp3) is 0.667. The second kappa shape index (κ2) is 26.4. The Morgan fingerprint density at radius 2 is 0.879 bits per heavy atom. The van der Waals surface area contributed by atoms with Gasteiger partial charge in [0, 0.05) is 0 Å². The van der Waals surface area contributed by atoms with Crippen molar-refractivity contribution in [1.82, 2.24) is 0 Å². The van der Waals surface area contributed by atoms with Crippen LogP contribution in [0.5, 0.6) is 0 Å². The van der Waals surface area contributed by atoms with E-state index in [2.05, 4.69) is 13.8 Å². The van der Waals surface area contributed by atoms with Gasteiger partial charge < -0.3 is 39.6 Å². The van der Waals surface area contributed by atoms with Gasteiger partial charge in [0.15, 0.2) is 0 Å². The molecular formula is C24H40O8Sn. The zero-order valence-corrected chi connectivity index (χ0v) is 24.6. The second-order valence-electron chi connectivity index (χ2n) is 7.53. The molecule has 4 radical (unpaired) electrons. The normalized spacial score (nSPS) is 10.9. The van der Waals surface area contributed by atoms with E-state index in [1.165, 1.54) is 25.7 Å². The minimum absolute atomic E-state index is 0.159. The molecule has 33 heavy (non-hydrogen) atoms. The molecule has 0 saturated heterocycles. The fourth-order valence-electron chi connectivity index (χ4n) is 2.52. The number of carbonyl (C=O) groups excluding carboxylic acids is 4. The standard InChI is InChI=1S/2C8H12O4.2C4H9.Sn.2H/c2*1-2-3-4-6(8(11)12)5-7(9)10;2*1-3-4-2;;;/h2*5H,2-4H2,1H3,(H,9,10)(H,11,12);2*1,3-4H2,2H3;;;/q;;;;+4;;/p-4/b2*6-5-;;;;;. The summed E-state index contributed by atoms with van der Waals surface area (Å²) in [6.07, 6.45) is 10.3. The zero-order chi connectivity index (χ0) is 26.1. The van der Waals surface area contributed by atoms with Crippen LogP contribution in [0.15, 0.2) is 23.3 Å². The van der Waals surface area contributed by atoms with Crippen LogP contribution < -0.4 is 20.4 Å². The molecule has 0 aromatic carbocycles. The molecule has 0 unspecified atom stereocenters. The molecule has 0 aromatic heterocycles. The van der Waals surface area contributed by atoms with Gasteiger partial charge in [0.1, 0.15) is 0 Å². The van der Waals surface area contributed by atoms with Gasteiger partial charge in [0.05, 0.1) is 23.9 Å². The third-order valence-corrected chi connectivity index (χ3v) is 10.1. The first-order valence-electron chi connectivity index (χ1n) is 11.8. The fourth-order valence-corrected chi connectivity index (χ4v) is 8.40. The third-order valence-electron chi connectivity index (χ3n) is 4.41. The van der Waals surface area contributed by atoms with Gasteiger partial charge in [0.2, 0.25) is 0 Å². The van der Waals surface area contributed by atoms with Crippen molar-refractivity contribution in [2.45, 2.75) is 101 Å². The number of hydrogen-bond acceptors (Lipinski definition) is 8. The Bertz CT molecular complexity index is 560. The van der Waals surface area contributed by atoms with E-state index in [9.17, 15) is 39.6 Å². The number of rotatable bonds is 16.